The van der Waals surface area contributed by atoms with E-state index in [-0.39, 0.29) is 12.0 Å². The minimum Gasteiger partial charge on any atom is -0.373 e. The molecule has 2 aliphatic rings. The Morgan fingerprint density at radius 2 is 2.26 bits per heavy atom. The molecule has 0 N–H and O–H groups in total. The summed E-state index contributed by atoms with van der Waals surface area (Å²) in [6, 6.07) is 8.98. The van der Waals surface area contributed by atoms with Crippen molar-refractivity contribution in [1.29, 1.82) is 5.26 Å². The van der Waals surface area contributed by atoms with E-state index in [0.29, 0.717) is 30.8 Å². The molecule has 23 heavy (non-hydrogen) atoms. The van der Waals surface area contributed by atoms with Gasteiger partial charge in [0.05, 0.1) is 24.3 Å². The molecule has 1 aliphatic heterocycles. The molecule has 3 rings (SSSR count). The molecular formula is C18H23N3O2. The average Bonchev–Trinajstić information content (AvgIpc) is 3.38. The predicted molar refractivity (Wildman–Crippen MR) is 87.0 cm³/mol. The Morgan fingerprint density at radius 3 is 3.00 bits per heavy atom. The summed E-state index contributed by atoms with van der Waals surface area (Å²) in [7, 11) is 2.12. The lowest BCUT2D eigenvalue weighted by Crippen LogP contribution is -2.49. The highest BCUT2D eigenvalue weighted by Gasteiger charge is 2.28. The zero-order chi connectivity index (χ0) is 16.2. The van der Waals surface area contributed by atoms with Gasteiger partial charge in [-0.3, -0.25) is 4.79 Å². The number of hydrogen-bond donors (Lipinski definition) is 0. The topological polar surface area (TPSA) is 56.6 Å². The summed E-state index contributed by atoms with van der Waals surface area (Å²) in [6.45, 7) is 3.78. The van der Waals surface area contributed by atoms with E-state index in [9.17, 15) is 4.79 Å². The number of hydrogen-bond acceptors (Lipinski definition) is 4. The van der Waals surface area contributed by atoms with Crippen LogP contribution in [0.1, 0.15) is 28.8 Å². The van der Waals surface area contributed by atoms with Gasteiger partial charge in [0.2, 0.25) is 0 Å². The second kappa shape index (κ2) is 7.12. The number of carbonyl (C=O) groups excluding carboxylic acids is 1. The van der Waals surface area contributed by atoms with Crippen molar-refractivity contribution >= 4 is 5.91 Å². The maximum Gasteiger partial charge on any atom is 0.254 e. The van der Waals surface area contributed by atoms with Crippen molar-refractivity contribution in [1.82, 2.24) is 9.80 Å². The molecule has 1 aromatic carbocycles. The fraction of sp³-hybridized carbons (Fsp3) is 0.556. The van der Waals surface area contributed by atoms with Crippen LogP contribution in [0, 0.1) is 17.2 Å². The van der Waals surface area contributed by atoms with Crippen molar-refractivity contribution < 1.29 is 9.53 Å². The van der Waals surface area contributed by atoms with E-state index in [4.69, 9.17) is 10.00 Å². The van der Waals surface area contributed by atoms with Crippen LogP contribution in [0.15, 0.2) is 24.3 Å². The van der Waals surface area contributed by atoms with Gasteiger partial charge in [0, 0.05) is 31.7 Å². The van der Waals surface area contributed by atoms with Gasteiger partial charge in [0.1, 0.15) is 0 Å². The first-order chi connectivity index (χ1) is 11.2. The third kappa shape index (κ3) is 4.31. The second-order valence-corrected chi connectivity index (χ2v) is 6.60. The average molecular weight is 313 g/mol. The molecule has 5 heteroatoms. The molecule has 1 heterocycles. The van der Waals surface area contributed by atoms with Crippen LogP contribution >= 0.6 is 0 Å². The van der Waals surface area contributed by atoms with Gasteiger partial charge in [0.15, 0.2) is 0 Å². The highest BCUT2D eigenvalue weighted by Crippen LogP contribution is 2.29. The van der Waals surface area contributed by atoms with Crippen LogP contribution in [-0.4, -0.2) is 61.6 Å². The number of carbonyl (C=O) groups is 1. The highest BCUT2D eigenvalue weighted by atomic mass is 16.5. The molecule has 0 spiro atoms. The molecule has 1 amide bonds. The summed E-state index contributed by atoms with van der Waals surface area (Å²) in [5.41, 5.74) is 1.10. The minimum atomic E-state index is -0.0137. The van der Waals surface area contributed by atoms with Crippen molar-refractivity contribution in [3.05, 3.63) is 35.4 Å². The van der Waals surface area contributed by atoms with Crippen LogP contribution < -0.4 is 0 Å². The van der Waals surface area contributed by atoms with Gasteiger partial charge in [-0.15, -0.1) is 0 Å². The Hall–Kier alpha value is -1.90. The van der Waals surface area contributed by atoms with Crippen LogP contribution in [0.2, 0.25) is 0 Å². The second-order valence-electron chi connectivity index (χ2n) is 6.60. The van der Waals surface area contributed by atoms with Crippen molar-refractivity contribution in [2.24, 2.45) is 5.92 Å². The molecule has 1 aromatic rings. The Bertz CT molecular complexity index is 607. The highest BCUT2D eigenvalue weighted by molar-refractivity contribution is 5.94. The number of morpholine rings is 1. The first-order valence-corrected chi connectivity index (χ1v) is 8.25. The molecule has 0 unspecified atom stereocenters. The van der Waals surface area contributed by atoms with E-state index in [1.165, 1.54) is 12.8 Å². The van der Waals surface area contributed by atoms with Crippen LogP contribution in [0.5, 0.6) is 0 Å². The third-order valence-corrected chi connectivity index (χ3v) is 4.45. The van der Waals surface area contributed by atoms with Gasteiger partial charge in [-0.2, -0.15) is 5.26 Å². The largest absolute Gasteiger partial charge is 0.373 e. The molecule has 5 nitrogen and oxygen atoms in total. The van der Waals surface area contributed by atoms with Crippen molar-refractivity contribution in [2.75, 3.05) is 39.8 Å². The molecule has 1 atom stereocenters. The summed E-state index contributed by atoms with van der Waals surface area (Å²) in [6.07, 6.45) is 2.75. The summed E-state index contributed by atoms with van der Waals surface area (Å²) in [5.74, 6) is 0.843. The van der Waals surface area contributed by atoms with E-state index in [2.05, 4.69) is 18.0 Å². The van der Waals surface area contributed by atoms with Crippen molar-refractivity contribution in [3.8, 4) is 6.07 Å². The lowest BCUT2D eigenvalue weighted by molar-refractivity contribution is -0.0334. The van der Waals surface area contributed by atoms with Crippen LogP contribution in [-0.2, 0) is 4.74 Å². The predicted octanol–water partition coefficient (Wildman–Crippen LogP) is 1.74. The first kappa shape index (κ1) is 16.0. The number of nitriles is 1. The zero-order valence-electron chi connectivity index (χ0n) is 13.6. The quantitative estimate of drug-likeness (QED) is 0.831. The monoisotopic (exact) mass is 313 g/mol. The number of benzene rings is 1. The van der Waals surface area contributed by atoms with Gasteiger partial charge in [-0.05, 0) is 44.0 Å². The number of ether oxygens (including phenoxy) is 1. The third-order valence-electron chi connectivity index (χ3n) is 4.45. The zero-order valence-corrected chi connectivity index (χ0v) is 13.6. The molecule has 1 aliphatic carbocycles. The van der Waals surface area contributed by atoms with Gasteiger partial charge >= 0.3 is 0 Å². The van der Waals surface area contributed by atoms with E-state index in [1.54, 1.807) is 24.3 Å². The molecule has 0 aromatic heterocycles. The van der Waals surface area contributed by atoms with Crippen LogP contribution in [0.4, 0.5) is 0 Å². The molecule has 0 bridgehead atoms. The van der Waals surface area contributed by atoms with Gasteiger partial charge in [-0.1, -0.05) is 6.07 Å². The van der Waals surface area contributed by atoms with E-state index in [1.807, 2.05) is 4.90 Å². The minimum absolute atomic E-state index is 0.0137. The van der Waals surface area contributed by atoms with Gasteiger partial charge < -0.3 is 14.5 Å². The van der Waals surface area contributed by atoms with Crippen molar-refractivity contribution in [3.63, 3.8) is 0 Å². The summed E-state index contributed by atoms with van der Waals surface area (Å²) < 4.78 is 5.82. The van der Waals surface area contributed by atoms with Gasteiger partial charge in [-0.25, -0.2) is 0 Å². The van der Waals surface area contributed by atoms with Crippen LogP contribution in [0.3, 0.4) is 0 Å². The molecule has 1 saturated heterocycles. The number of amides is 1. The first-order valence-electron chi connectivity index (χ1n) is 8.25. The Labute approximate surface area is 137 Å². The summed E-state index contributed by atoms with van der Waals surface area (Å²) >= 11 is 0. The van der Waals surface area contributed by atoms with E-state index >= 15 is 0 Å². The molecule has 2 fully saturated rings. The lowest BCUT2D eigenvalue weighted by Gasteiger charge is -2.35. The van der Waals surface area contributed by atoms with Crippen LogP contribution in [0.25, 0.3) is 0 Å². The Kier molecular flexibility index (Phi) is 4.94. The standard InChI is InChI=1S/C18H23N3O2/c1-20(11-14-5-6-14)12-17-13-21(7-8-23-17)18(22)16-4-2-3-15(9-16)10-19/h2-4,9,14,17H,5-8,11-13H2,1H3/t17-/m0/s1. The fourth-order valence-electron chi connectivity index (χ4n) is 3.08. The fourth-order valence-corrected chi connectivity index (χ4v) is 3.08. The SMILES string of the molecule is CN(CC1CC1)C[C@H]1CN(C(=O)c2cccc(C#N)c2)CCO1. The molecule has 122 valence electrons. The number of likely N-dealkylation sites (N-methyl/N-ethyl adjacent to an activating group) is 1. The van der Waals surface area contributed by atoms with E-state index < -0.39 is 0 Å². The molecule has 0 radical (unpaired) electrons. The Morgan fingerprint density at radius 1 is 1.43 bits per heavy atom. The van der Waals surface area contributed by atoms with E-state index in [0.717, 1.165) is 19.0 Å². The maximum absolute atomic E-state index is 12.6. The molecule has 1 saturated carbocycles. The summed E-state index contributed by atoms with van der Waals surface area (Å²) in [4.78, 5) is 16.8. The summed E-state index contributed by atoms with van der Waals surface area (Å²) in [5, 5.41) is 8.97. The Balaban J connectivity index is 1.58. The lowest BCUT2D eigenvalue weighted by atomic mass is 10.1. The molecular weight excluding hydrogens is 290 g/mol. The maximum atomic E-state index is 12.6. The number of rotatable bonds is 5. The van der Waals surface area contributed by atoms with Gasteiger partial charge in [0.25, 0.3) is 5.91 Å². The number of nitrogens with zero attached hydrogens (tertiary/aromatic N) is 3. The smallest absolute Gasteiger partial charge is 0.254 e. The normalized spacial score (nSPS) is 21.3. The van der Waals surface area contributed by atoms with Crippen molar-refractivity contribution in [2.45, 2.75) is 18.9 Å².